The van der Waals surface area contributed by atoms with Crippen LogP contribution < -0.4 is 0 Å². The van der Waals surface area contributed by atoms with Crippen LogP contribution in [-0.2, 0) is 11.3 Å². The van der Waals surface area contributed by atoms with Gasteiger partial charge in [-0.25, -0.2) is 9.67 Å². The van der Waals surface area contributed by atoms with Crippen LogP contribution in [0.5, 0.6) is 0 Å². The molecule has 1 aromatic carbocycles. The number of aromatic nitrogens is 3. The van der Waals surface area contributed by atoms with Gasteiger partial charge in [-0.1, -0.05) is 28.1 Å². The SMILES string of the molecule is O=C(O)Cn1cnc(-c2ccc(Br)cc2)n1. The second-order valence-electron chi connectivity index (χ2n) is 3.17. The van der Waals surface area contributed by atoms with E-state index in [-0.39, 0.29) is 6.54 Å². The maximum absolute atomic E-state index is 10.5. The molecule has 5 nitrogen and oxygen atoms in total. The van der Waals surface area contributed by atoms with Gasteiger partial charge in [0.2, 0.25) is 0 Å². The Morgan fingerprint density at radius 2 is 2.06 bits per heavy atom. The molecule has 0 bridgehead atoms. The number of rotatable bonds is 3. The fourth-order valence-corrected chi connectivity index (χ4v) is 1.50. The lowest BCUT2D eigenvalue weighted by atomic mass is 10.2. The molecule has 0 aliphatic heterocycles. The molecule has 82 valence electrons. The molecule has 2 rings (SSSR count). The lowest BCUT2D eigenvalue weighted by molar-refractivity contribution is -0.137. The van der Waals surface area contributed by atoms with Crippen molar-refractivity contribution in [3.63, 3.8) is 0 Å². The smallest absolute Gasteiger partial charge is 0.325 e. The zero-order chi connectivity index (χ0) is 11.5. The number of benzene rings is 1. The van der Waals surface area contributed by atoms with Crippen LogP contribution in [0, 0.1) is 0 Å². The molecule has 16 heavy (non-hydrogen) atoms. The summed E-state index contributed by atoms with van der Waals surface area (Å²) in [4.78, 5) is 14.5. The Hall–Kier alpha value is -1.69. The van der Waals surface area contributed by atoms with Crippen LogP contribution in [0.15, 0.2) is 35.1 Å². The van der Waals surface area contributed by atoms with Crippen molar-refractivity contribution in [3.05, 3.63) is 35.1 Å². The number of aliphatic carboxylic acids is 1. The number of hydrogen-bond acceptors (Lipinski definition) is 3. The predicted molar refractivity (Wildman–Crippen MR) is 60.8 cm³/mol. The normalized spacial score (nSPS) is 10.3. The second kappa shape index (κ2) is 4.44. The van der Waals surface area contributed by atoms with Crippen molar-refractivity contribution in [2.24, 2.45) is 0 Å². The largest absolute Gasteiger partial charge is 0.480 e. The van der Waals surface area contributed by atoms with E-state index in [0.29, 0.717) is 5.82 Å². The average molecular weight is 282 g/mol. The molecular formula is C10H8BrN3O2. The summed E-state index contributed by atoms with van der Waals surface area (Å²) in [5.74, 6) is -0.416. The van der Waals surface area contributed by atoms with E-state index in [9.17, 15) is 4.79 Å². The Kier molecular flexibility index (Phi) is 3.00. The summed E-state index contributed by atoms with van der Waals surface area (Å²) in [6.07, 6.45) is 1.41. The van der Waals surface area contributed by atoms with Crippen molar-refractivity contribution in [1.29, 1.82) is 0 Å². The van der Waals surface area contributed by atoms with Crippen LogP contribution in [-0.4, -0.2) is 25.8 Å². The molecule has 0 aliphatic carbocycles. The third kappa shape index (κ3) is 2.46. The highest BCUT2D eigenvalue weighted by molar-refractivity contribution is 9.10. The van der Waals surface area contributed by atoms with Gasteiger partial charge in [0.25, 0.3) is 0 Å². The van der Waals surface area contributed by atoms with Gasteiger partial charge in [-0.3, -0.25) is 4.79 Å². The Morgan fingerprint density at radius 1 is 1.38 bits per heavy atom. The lowest BCUT2D eigenvalue weighted by Crippen LogP contribution is -2.08. The fraction of sp³-hybridized carbons (Fsp3) is 0.100. The zero-order valence-electron chi connectivity index (χ0n) is 8.17. The molecule has 0 aliphatic rings. The highest BCUT2D eigenvalue weighted by atomic mass is 79.9. The van der Waals surface area contributed by atoms with Gasteiger partial charge in [-0.05, 0) is 12.1 Å². The zero-order valence-corrected chi connectivity index (χ0v) is 9.75. The van der Waals surface area contributed by atoms with Crippen LogP contribution >= 0.6 is 15.9 Å². The summed E-state index contributed by atoms with van der Waals surface area (Å²) >= 11 is 3.33. The summed E-state index contributed by atoms with van der Waals surface area (Å²) in [6, 6.07) is 7.50. The third-order valence-electron chi connectivity index (χ3n) is 1.94. The summed E-state index contributed by atoms with van der Waals surface area (Å²) < 4.78 is 2.26. The van der Waals surface area contributed by atoms with Gasteiger partial charge in [-0.2, -0.15) is 5.10 Å². The fourth-order valence-electron chi connectivity index (χ4n) is 1.24. The van der Waals surface area contributed by atoms with Crippen molar-refractivity contribution < 1.29 is 9.90 Å². The Labute approximate surface area is 99.9 Å². The summed E-state index contributed by atoms with van der Waals surface area (Å²) in [5.41, 5.74) is 0.854. The summed E-state index contributed by atoms with van der Waals surface area (Å²) in [6.45, 7) is -0.177. The van der Waals surface area contributed by atoms with Crippen molar-refractivity contribution in [3.8, 4) is 11.4 Å². The number of carboxylic acids is 1. The van der Waals surface area contributed by atoms with Crippen LogP contribution in [0.4, 0.5) is 0 Å². The van der Waals surface area contributed by atoms with Gasteiger partial charge < -0.3 is 5.11 Å². The van der Waals surface area contributed by atoms with Crippen LogP contribution in [0.25, 0.3) is 11.4 Å². The van der Waals surface area contributed by atoms with E-state index in [0.717, 1.165) is 10.0 Å². The first-order chi connectivity index (χ1) is 7.65. The van der Waals surface area contributed by atoms with E-state index in [2.05, 4.69) is 26.0 Å². The highest BCUT2D eigenvalue weighted by Gasteiger charge is 2.05. The first-order valence-electron chi connectivity index (χ1n) is 4.52. The minimum absolute atomic E-state index is 0.177. The number of nitrogens with zero attached hydrogens (tertiary/aromatic N) is 3. The third-order valence-corrected chi connectivity index (χ3v) is 2.46. The molecule has 0 unspecified atom stereocenters. The van der Waals surface area contributed by atoms with Crippen molar-refractivity contribution in [2.45, 2.75) is 6.54 Å². The number of carboxylic acid groups (broad SMARTS) is 1. The molecule has 0 saturated carbocycles. The topological polar surface area (TPSA) is 68.0 Å². The van der Waals surface area contributed by atoms with Gasteiger partial charge in [0, 0.05) is 10.0 Å². The van der Waals surface area contributed by atoms with Crippen molar-refractivity contribution in [2.75, 3.05) is 0 Å². The molecule has 6 heteroatoms. The standard InChI is InChI=1S/C10H8BrN3O2/c11-8-3-1-7(2-4-8)10-12-6-14(13-10)5-9(15)16/h1-4,6H,5H2,(H,15,16). The summed E-state index contributed by atoms with van der Waals surface area (Å²) in [5, 5.41) is 12.6. The average Bonchev–Trinajstić information content (AvgIpc) is 2.66. The molecule has 1 N–H and O–H groups in total. The Bertz CT molecular complexity index is 507. The molecule has 0 spiro atoms. The molecule has 2 aromatic rings. The van der Waals surface area contributed by atoms with E-state index in [4.69, 9.17) is 5.11 Å². The van der Waals surface area contributed by atoms with Crippen molar-refractivity contribution >= 4 is 21.9 Å². The van der Waals surface area contributed by atoms with E-state index >= 15 is 0 Å². The van der Waals surface area contributed by atoms with Gasteiger partial charge in [-0.15, -0.1) is 0 Å². The molecule has 0 amide bonds. The molecule has 0 fully saturated rings. The van der Waals surface area contributed by atoms with Gasteiger partial charge in [0.05, 0.1) is 0 Å². The predicted octanol–water partition coefficient (Wildman–Crippen LogP) is 1.79. The van der Waals surface area contributed by atoms with Crippen molar-refractivity contribution in [1.82, 2.24) is 14.8 Å². The van der Waals surface area contributed by atoms with Crippen LogP contribution in [0.1, 0.15) is 0 Å². The van der Waals surface area contributed by atoms with Crippen LogP contribution in [0.3, 0.4) is 0 Å². The number of halogens is 1. The Balaban J connectivity index is 2.24. The monoisotopic (exact) mass is 281 g/mol. The molecule has 1 aromatic heterocycles. The quantitative estimate of drug-likeness (QED) is 0.932. The lowest BCUT2D eigenvalue weighted by Gasteiger charge is -1.95. The maximum atomic E-state index is 10.5. The van der Waals surface area contributed by atoms with Gasteiger partial charge in [0.15, 0.2) is 5.82 Å². The maximum Gasteiger partial charge on any atom is 0.325 e. The van der Waals surface area contributed by atoms with Crippen LogP contribution in [0.2, 0.25) is 0 Å². The van der Waals surface area contributed by atoms with E-state index in [1.54, 1.807) is 0 Å². The highest BCUT2D eigenvalue weighted by Crippen LogP contribution is 2.17. The van der Waals surface area contributed by atoms with E-state index in [1.165, 1.54) is 11.0 Å². The van der Waals surface area contributed by atoms with Gasteiger partial charge in [0.1, 0.15) is 12.9 Å². The minimum atomic E-state index is -0.938. The second-order valence-corrected chi connectivity index (χ2v) is 4.08. The first-order valence-corrected chi connectivity index (χ1v) is 5.31. The molecular weight excluding hydrogens is 274 g/mol. The number of hydrogen-bond donors (Lipinski definition) is 1. The Morgan fingerprint density at radius 3 is 2.69 bits per heavy atom. The van der Waals surface area contributed by atoms with E-state index in [1.807, 2.05) is 24.3 Å². The van der Waals surface area contributed by atoms with Gasteiger partial charge >= 0.3 is 5.97 Å². The number of carbonyl (C=O) groups is 1. The van der Waals surface area contributed by atoms with E-state index < -0.39 is 5.97 Å². The first kappa shape index (κ1) is 10.8. The molecule has 0 saturated heterocycles. The molecule has 0 radical (unpaired) electrons. The minimum Gasteiger partial charge on any atom is -0.480 e. The molecule has 1 heterocycles. The molecule has 0 atom stereocenters. The summed E-state index contributed by atoms with van der Waals surface area (Å²) in [7, 11) is 0.